The van der Waals surface area contributed by atoms with Crippen molar-refractivity contribution >= 4 is 40.9 Å². The number of carbonyl (C=O) groups is 1. The van der Waals surface area contributed by atoms with Crippen molar-refractivity contribution < 1.29 is 4.79 Å². The SMILES string of the molecule is O=C(CC(c1ccccc1)c1ccccc1)NCCSCc1c(Cl)cccc1Cl. The highest BCUT2D eigenvalue weighted by atomic mass is 35.5. The minimum absolute atomic E-state index is 0.0481. The third-order valence-electron chi connectivity index (χ3n) is 4.67. The lowest BCUT2D eigenvalue weighted by Gasteiger charge is -2.18. The van der Waals surface area contributed by atoms with E-state index >= 15 is 0 Å². The van der Waals surface area contributed by atoms with Gasteiger partial charge in [-0.3, -0.25) is 4.79 Å². The second-order valence-electron chi connectivity index (χ2n) is 6.68. The Labute approximate surface area is 186 Å². The summed E-state index contributed by atoms with van der Waals surface area (Å²) in [6.07, 6.45) is 0.426. The molecule has 0 spiro atoms. The maximum atomic E-state index is 12.6. The summed E-state index contributed by atoms with van der Waals surface area (Å²) in [7, 11) is 0. The maximum Gasteiger partial charge on any atom is 0.220 e. The van der Waals surface area contributed by atoms with Gasteiger partial charge in [0.15, 0.2) is 0 Å². The van der Waals surface area contributed by atoms with E-state index in [9.17, 15) is 4.79 Å². The molecule has 3 aromatic rings. The van der Waals surface area contributed by atoms with Crippen LogP contribution in [-0.4, -0.2) is 18.2 Å². The van der Waals surface area contributed by atoms with Crippen LogP contribution in [-0.2, 0) is 10.5 Å². The summed E-state index contributed by atoms with van der Waals surface area (Å²) in [5.41, 5.74) is 3.24. The Kier molecular flexibility index (Phi) is 8.48. The molecule has 0 bridgehead atoms. The monoisotopic (exact) mass is 443 g/mol. The Morgan fingerprint density at radius 3 is 1.93 bits per heavy atom. The first-order valence-corrected chi connectivity index (χ1v) is 11.4. The molecule has 0 radical (unpaired) electrons. The van der Waals surface area contributed by atoms with Gasteiger partial charge in [0.25, 0.3) is 0 Å². The van der Waals surface area contributed by atoms with Crippen LogP contribution in [0.4, 0.5) is 0 Å². The van der Waals surface area contributed by atoms with E-state index in [4.69, 9.17) is 23.2 Å². The van der Waals surface area contributed by atoms with Gasteiger partial charge in [0.2, 0.25) is 5.91 Å². The molecule has 0 aliphatic rings. The first-order chi connectivity index (χ1) is 14.1. The average molecular weight is 444 g/mol. The lowest BCUT2D eigenvalue weighted by atomic mass is 9.88. The summed E-state index contributed by atoms with van der Waals surface area (Å²) in [5.74, 6) is 1.63. The molecule has 0 saturated carbocycles. The van der Waals surface area contributed by atoms with Crippen molar-refractivity contribution in [1.29, 1.82) is 0 Å². The summed E-state index contributed by atoms with van der Waals surface area (Å²) >= 11 is 14.1. The molecule has 5 heteroatoms. The smallest absolute Gasteiger partial charge is 0.220 e. The lowest BCUT2D eigenvalue weighted by Crippen LogP contribution is -2.27. The standard InChI is InChI=1S/C24H23Cl2NOS/c25-22-12-7-13-23(26)21(22)17-29-15-14-27-24(28)16-20(18-8-3-1-4-9-18)19-10-5-2-6-11-19/h1-13,20H,14-17H2,(H,27,28). The van der Waals surface area contributed by atoms with Gasteiger partial charge in [-0.15, -0.1) is 0 Å². The largest absolute Gasteiger partial charge is 0.355 e. The molecular formula is C24H23Cl2NOS. The second kappa shape index (κ2) is 11.3. The molecule has 0 saturated heterocycles. The molecular weight excluding hydrogens is 421 g/mol. The molecule has 1 N–H and O–H groups in total. The van der Waals surface area contributed by atoms with E-state index in [-0.39, 0.29) is 11.8 Å². The molecule has 0 fully saturated rings. The molecule has 2 nitrogen and oxygen atoms in total. The van der Waals surface area contributed by atoms with Crippen LogP contribution in [0, 0.1) is 0 Å². The topological polar surface area (TPSA) is 29.1 Å². The molecule has 0 unspecified atom stereocenters. The molecule has 0 heterocycles. The fraction of sp³-hybridized carbons (Fsp3) is 0.208. The zero-order valence-corrected chi connectivity index (χ0v) is 18.3. The maximum absolute atomic E-state index is 12.6. The number of hydrogen-bond donors (Lipinski definition) is 1. The summed E-state index contributed by atoms with van der Waals surface area (Å²) < 4.78 is 0. The van der Waals surface area contributed by atoms with Gasteiger partial charge in [0.05, 0.1) is 0 Å². The zero-order chi connectivity index (χ0) is 20.5. The number of amides is 1. The van der Waals surface area contributed by atoms with Gasteiger partial charge in [-0.05, 0) is 28.8 Å². The Hall–Kier alpha value is -1.94. The summed E-state index contributed by atoms with van der Waals surface area (Å²) in [5, 5.41) is 4.41. The van der Waals surface area contributed by atoms with Crippen LogP contribution in [0.5, 0.6) is 0 Å². The number of thioether (sulfide) groups is 1. The normalized spacial score (nSPS) is 10.9. The fourth-order valence-corrected chi connectivity index (χ4v) is 4.76. The molecule has 0 aliphatic carbocycles. The van der Waals surface area contributed by atoms with Gasteiger partial charge in [0.1, 0.15) is 0 Å². The van der Waals surface area contributed by atoms with Gasteiger partial charge in [0, 0.05) is 40.4 Å². The Bertz CT molecular complexity index is 859. The number of halogens is 2. The minimum atomic E-state index is 0.0481. The number of benzene rings is 3. The van der Waals surface area contributed by atoms with Crippen LogP contribution in [0.1, 0.15) is 29.0 Å². The van der Waals surface area contributed by atoms with E-state index in [1.807, 2.05) is 54.6 Å². The third kappa shape index (κ3) is 6.53. The number of rotatable bonds is 9. The number of carbonyl (C=O) groups excluding carboxylic acids is 1. The van der Waals surface area contributed by atoms with Crippen LogP contribution in [0.2, 0.25) is 10.0 Å². The van der Waals surface area contributed by atoms with E-state index in [0.717, 1.165) is 28.2 Å². The molecule has 0 atom stereocenters. The van der Waals surface area contributed by atoms with Crippen LogP contribution in [0.25, 0.3) is 0 Å². The zero-order valence-electron chi connectivity index (χ0n) is 16.0. The van der Waals surface area contributed by atoms with Crippen molar-refractivity contribution in [2.75, 3.05) is 12.3 Å². The molecule has 0 aliphatic heterocycles. The first kappa shape index (κ1) is 21.8. The molecule has 29 heavy (non-hydrogen) atoms. The second-order valence-corrected chi connectivity index (χ2v) is 8.60. The quantitative estimate of drug-likeness (QED) is 0.379. The van der Waals surface area contributed by atoms with E-state index < -0.39 is 0 Å². The van der Waals surface area contributed by atoms with Crippen molar-refractivity contribution in [3.05, 3.63) is 106 Å². The van der Waals surface area contributed by atoms with Crippen molar-refractivity contribution in [1.82, 2.24) is 5.32 Å². The van der Waals surface area contributed by atoms with Crippen molar-refractivity contribution in [3.8, 4) is 0 Å². The Balaban J connectivity index is 1.50. The van der Waals surface area contributed by atoms with Crippen LogP contribution >= 0.6 is 35.0 Å². The number of nitrogens with one attached hydrogen (secondary N) is 1. The van der Waals surface area contributed by atoms with E-state index in [1.54, 1.807) is 11.8 Å². The third-order valence-corrected chi connectivity index (χ3v) is 6.36. The van der Waals surface area contributed by atoms with Gasteiger partial charge < -0.3 is 5.32 Å². The van der Waals surface area contributed by atoms with Crippen LogP contribution < -0.4 is 5.32 Å². The number of hydrogen-bond acceptors (Lipinski definition) is 2. The molecule has 0 aromatic heterocycles. The molecule has 1 amide bonds. The predicted octanol–water partition coefficient (Wildman–Crippen LogP) is 6.57. The van der Waals surface area contributed by atoms with E-state index in [1.165, 1.54) is 0 Å². The summed E-state index contributed by atoms with van der Waals surface area (Å²) in [6.45, 7) is 0.613. The van der Waals surface area contributed by atoms with Gasteiger partial charge in [-0.2, -0.15) is 11.8 Å². The Morgan fingerprint density at radius 1 is 0.828 bits per heavy atom. The van der Waals surface area contributed by atoms with E-state index in [2.05, 4.69) is 29.6 Å². The highest BCUT2D eigenvalue weighted by molar-refractivity contribution is 7.98. The summed E-state index contributed by atoms with van der Waals surface area (Å²) in [6, 6.07) is 25.9. The lowest BCUT2D eigenvalue weighted by molar-refractivity contribution is -0.121. The van der Waals surface area contributed by atoms with Gasteiger partial charge in [-0.1, -0.05) is 89.9 Å². The van der Waals surface area contributed by atoms with Crippen molar-refractivity contribution in [2.45, 2.75) is 18.1 Å². The van der Waals surface area contributed by atoms with Crippen molar-refractivity contribution in [3.63, 3.8) is 0 Å². The van der Waals surface area contributed by atoms with Gasteiger partial charge >= 0.3 is 0 Å². The predicted molar refractivity (Wildman–Crippen MR) is 125 cm³/mol. The first-order valence-electron chi connectivity index (χ1n) is 9.52. The molecule has 150 valence electrons. The minimum Gasteiger partial charge on any atom is -0.355 e. The molecule has 3 aromatic carbocycles. The summed E-state index contributed by atoms with van der Waals surface area (Å²) in [4.78, 5) is 12.6. The Morgan fingerprint density at radius 2 is 1.38 bits per heavy atom. The van der Waals surface area contributed by atoms with Crippen LogP contribution in [0.15, 0.2) is 78.9 Å². The van der Waals surface area contributed by atoms with Crippen molar-refractivity contribution in [2.24, 2.45) is 0 Å². The molecule has 3 rings (SSSR count). The van der Waals surface area contributed by atoms with E-state index in [0.29, 0.717) is 23.0 Å². The fourth-order valence-electron chi connectivity index (χ4n) is 3.16. The average Bonchev–Trinajstić information content (AvgIpc) is 2.75. The highest BCUT2D eigenvalue weighted by Gasteiger charge is 2.17. The van der Waals surface area contributed by atoms with Gasteiger partial charge in [-0.25, -0.2) is 0 Å². The highest BCUT2D eigenvalue weighted by Crippen LogP contribution is 2.29. The van der Waals surface area contributed by atoms with Crippen LogP contribution in [0.3, 0.4) is 0 Å².